The lowest BCUT2D eigenvalue weighted by Crippen LogP contribution is -2.37. The van der Waals surface area contributed by atoms with Crippen LogP contribution in [0, 0.1) is 0 Å². The van der Waals surface area contributed by atoms with Crippen molar-refractivity contribution >= 4 is 17.8 Å². The zero-order valence-electron chi connectivity index (χ0n) is 16.1. The Morgan fingerprint density at radius 1 is 1.14 bits per heavy atom. The number of methoxy groups -OCH3 is 1. The average molecular weight is 384 g/mol. The van der Waals surface area contributed by atoms with E-state index < -0.39 is 5.97 Å². The summed E-state index contributed by atoms with van der Waals surface area (Å²) in [6.07, 6.45) is 5.15. The standard InChI is InChI=1S/C20H24N4O4/c1-23(20-21-10-3-11-22-20)13-19(26)28-14-18(25)24(16-6-7-16)12-15-4-8-17(27-2)9-5-15/h3-5,8-11,16H,6-7,12-14H2,1-2H3. The first-order chi connectivity index (χ1) is 13.6. The van der Waals surface area contributed by atoms with Crippen molar-refractivity contribution in [2.24, 2.45) is 0 Å². The predicted molar refractivity (Wildman–Crippen MR) is 103 cm³/mol. The van der Waals surface area contributed by atoms with Gasteiger partial charge in [0.15, 0.2) is 6.61 Å². The molecule has 1 saturated carbocycles. The summed E-state index contributed by atoms with van der Waals surface area (Å²) >= 11 is 0. The maximum absolute atomic E-state index is 12.6. The van der Waals surface area contributed by atoms with Crippen molar-refractivity contribution in [1.29, 1.82) is 0 Å². The van der Waals surface area contributed by atoms with Gasteiger partial charge in [0, 0.05) is 32.0 Å². The van der Waals surface area contributed by atoms with E-state index in [9.17, 15) is 9.59 Å². The number of aromatic nitrogens is 2. The van der Waals surface area contributed by atoms with Crippen molar-refractivity contribution in [3.63, 3.8) is 0 Å². The monoisotopic (exact) mass is 384 g/mol. The molecule has 2 aromatic rings. The second-order valence-electron chi connectivity index (χ2n) is 6.67. The number of nitrogens with zero attached hydrogens (tertiary/aromatic N) is 4. The molecule has 1 aliphatic rings. The molecule has 1 fully saturated rings. The topological polar surface area (TPSA) is 84.9 Å². The van der Waals surface area contributed by atoms with Crippen LogP contribution in [0.15, 0.2) is 42.7 Å². The van der Waals surface area contributed by atoms with E-state index in [1.54, 1.807) is 42.4 Å². The molecule has 0 N–H and O–H groups in total. The Labute approximate surface area is 164 Å². The molecule has 28 heavy (non-hydrogen) atoms. The first kappa shape index (κ1) is 19.6. The SMILES string of the molecule is COc1ccc(CN(C(=O)COC(=O)CN(C)c2ncccn2)C2CC2)cc1. The summed E-state index contributed by atoms with van der Waals surface area (Å²) in [6.45, 7) is 0.191. The highest BCUT2D eigenvalue weighted by molar-refractivity contribution is 5.82. The number of carbonyl (C=O) groups is 2. The van der Waals surface area contributed by atoms with Crippen LogP contribution >= 0.6 is 0 Å². The zero-order chi connectivity index (χ0) is 19.9. The fourth-order valence-corrected chi connectivity index (χ4v) is 2.76. The van der Waals surface area contributed by atoms with Crippen molar-refractivity contribution in [3.05, 3.63) is 48.3 Å². The Morgan fingerprint density at radius 3 is 2.43 bits per heavy atom. The third kappa shape index (κ3) is 5.42. The van der Waals surface area contributed by atoms with Crippen LogP contribution in [0.5, 0.6) is 5.75 Å². The summed E-state index contributed by atoms with van der Waals surface area (Å²) in [5, 5.41) is 0. The minimum absolute atomic E-state index is 0.0286. The van der Waals surface area contributed by atoms with Crippen LogP contribution in [0.1, 0.15) is 18.4 Å². The Hall–Kier alpha value is -3.16. The minimum atomic E-state index is -0.497. The lowest BCUT2D eigenvalue weighted by molar-refractivity contribution is -0.151. The largest absolute Gasteiger partial charge is 0.497 e. The summed E-state index contributed by atoms with van der Waals surface area (Å²) in [4.78, 5) is 36.1. The smallest absolute Gasteiger partial charge is 0.326 e. The second kappa shape index (κ2) is 9.16. The van der Waals surface area contributed by atoms with Crippen LogP contribution in [0.2, 0.25) is 0 Å². The van der Waals surface area contributed by atoms with E-state index in [4.69, 9.17) is 9.47 Å². The molecule has 3 rings (SSSR count). The molecule has 1 aromatic heterocycles. The van der Waals surface area contributed by atoms with E-state index in [1.165, 1.54) is 0 Å². The lowest BCUT2D eigenvalue weighted by atomic mass is 10.2. The summed E-state index contributed by atoms with van der Waals surface area (Å²) in [7, 11) is 3.31. The Kier molecular flexibility index (Phi) is 6.41. The van der Waals surface area contributed by atoms with Gasteiger partial charge in [-0.05, 0) is 36.6 Å². The molecule has 0 radical (unpaired) electrons. The van der Waals surface area contributed by atoms with E-state index >= 15 is 0 Å². The number of rotatable bonds is 9. The molecule has 8 heteroatoms. The third-order valence-electron chi connectivity index (χ3n) is 4.44. The van der Waals surface area contributed by atoms with Gasteiger partial charge in [0.25, 0.3) is 5.91 Å². The lowest BCUT2D eigenvalue weighted by Gasteiger charge is -2.23. The number of hydrogen-bond donors (Lipinski definition) is 0. The summed E-state index contributed by atoms with van der Waals surface area (Å²) in [5.74, 6) is 0.507. The Balaban J connectivity index is 1.50. The van der Waals surface area contributed by atoms with Crippen LogP contribution in [0.25, 0.3) is 0 Å². The molecular formula is C20H24N4O4. The first-order valence-electron chi connectivity index (χ1n) is 9.13. The Bertz CT molecular complexity index is 794. The Morgan fingerprint density at radius 2 is 1.82 bits per heavy atom. The molecule has 1 amide bonds. The van der Waals surface area contributed by atoms with Gasteiger partial charge in [-0.1, -0.05) is 12.1 Å². The van der Waals surface area contributed by atoms with Gasteiger partial charge in [0.2, 0.25) is 5.95 Å². The van der Waals surface area contributed by atoms with Crippen molar-refractivity contribution in [3.8, 4) is 5.75 Å². The van der Waals surface area contributed by atoms with Gasteiger partial charge in [0.1, 0.15) is 12.3 Å². The first-order valence-corrected chi connectivity index (χ1v) is 9.13. The van der Waals surface area contributed by atoms with E-state index in [0.717, 1.165) is 24.2 Å². The van der Waals surface area contributed by atoms with Crippen LogP contribution < -0.4 is 9.64 Å². The number of hydrogen-bond acceptors (Lipinski definition) is 7. The number of ether oxygens (including phenoxy) is 2. The highest BCUT2D eigenvalue weighted by Crippen LogP contribution is 2.28. The van der Waals surface area contributed by atoms with Crippen LogP contribution in [0.4, 0.5) is 5.95 Å². The highest BCUT2D eigenvalue weighted by atomic mass is 16.5. The zero-order valence-corrected chi connectivity index (χ0v) is 16.1. The predicted octanol–water partition coefficient (Wildman–Crippen LogP) is 1.66. The van der Waals surface area contributed by atoms with Gasteiger partial charge >= 0.3 is 5.97 Å². The van der Waals surface area contributed by atoms with Crippen LogP contribution in [-0.2, 0) is 20.9 Å². The molecule has 0 atom stereocenters. The van der Waals surface area contributed by atoms with Crippen LogP contribution in [0.3, 0.4) is 0 Å². The molecule has 1 heterocycles. The van der Waals surface area contributed by atoms with Crippen molar-refractivity contribution in [1.82, 2.24) is 14.9 Å². The minimum Gasteiger partial charge on any atom is -0.497 e. The molecule has 0 saturated heterocycles. The van der Waals surface area contributed by atoms with E-state index in [2.05, 4.69) is 9.97 Å². The molecule has 148 valence electrons. The number of anilines is 1. The van der Waals surface area contributed by atoms with Gasteiger partial charge < -0.3 is 19.3 Å². The molecular weight excluding hydrogens is 360 g/mol. The quantitative estimate of drug-likeness (QED) is 0.608. The van der Waals surface area contributed by atoms with Gasteiger partial charge in [-0.3, -0.25) is 9.59 Å². The fraction of sp³-hybridized carbons (Fsp3) is 0.400. The second-order valence-corrected chi connectivity index (χ2v) is 6.67. The van der Waals surface area contributed by atoms with Gasteiger partial charge in [-0.25, -0.2) is 9.97 Å². The van der Waals surface area contributed by atoms with Crippen molar-refractivity contribution < 1.29 is 19.1 Å². The maximum Gasteiger partial charge on any atom is 0.326 e. The van der Waals surface area contributed by atoms with E-state index in [0.29, 0.717) is 12.5 Å². The van der Waals surface area contributed by atoms with Crippen molar-refractivity contribution in [2.45, 2.75) is 25.4 Å². The van der Waals surface area contributed by atoms with E-state index in [1.807, 2.05) is 24.3 Å². The van der Waals surface area contributed by atoms with Gasteiger partial charge in [0.05, 0.1) is 7.11 Å². The number of benzene rings is 1. The molecule has 0 bridgehead atoms. The molecule has 0 unspecified atom stereocenters. The maximum atomic E-state index is 12.6. The third-order valence-corrected chi connectivity index (χ3v) is 4.44. The molecule has 0 aliphatic heterocycles. The highest BCUT2D eigenvalue weighted by Gasteiger charge is 2.33. The summed E-state index contributed by atoms with van der Waals surface area (Å²) in [6, 6.07) is 9.52. The number of carbonyl (C=O) groups excluding carboxylic acids is 2. The molecule has 1 aromatic carbocycles. The normalized spacial score (nSPS) is 12.9. The van der Waals surface area contributed by atoms with Gasteiger partial charge in [-0.15, -0.1) is 0 Å². The number of esters is 1. The number of likely N-dealkylation sites (N-methyl/N-ethyl adjacent to an activating group) is 1. The van der Waals surface area contributed by atoms with Crippen molar-refractivity contribution in [2.75, 3.05) is 32.2 Å². The molecule has 0 spiro atoms. The van der Waals surface area contributed by atoms with Crippen LogP contribution in [-0.4, -0.2) is 60.1 Å². The summed E-state index contributed by atoms with van der Waals surface area (Å²) in [5.41, 5.74) is 1.01. The fourth-order valence-electron chi connectivity index (χ4n) is 2.76. The van der Waals surface area contributed by atoms with E-state index in [-0.39, 0.29) is 25.1 Å². The molecule has 1 aliphatic carbocycles. The average Bonchev–Trinajstić information content (AvgIpc) is 3.56. The van der Waals surface area contributed by atoms with Gasteiger partial charge in [-0.2, -0.15) is 0 Å². The summed E-state index contributed by atoms with van der Waals surface area (Å²) < 4.78 is 10.3. The molecule has 8 nitrogen and oxygen atoms in total. The number of amides is 1.